The first-order valence-electron chi connectivity index (χ1n) is 9.53. The molecule has 3 aliphatic heterocycles. The normalized spacial score (nSPS) is 31.0. The lowest BCUT2D eigenvalue weighted by Crippen LogP contribution is -2.50. The van der Waals surface area contributed by atoms with E-state index in [0.717, 1.165) is 51.9 Å². The number of carbonyl (C=O) groups is 1. The molecule has 3 heterocycles. The summed E-state index contributed by atoms with van der Waals surface area (Å²) in [5, 5.41) is 0. The fraction of sp³-hybridized carbons (Fsp3) is 0.650. The number of amides is 1. The molecule has 24 heavy (non-hydrogen) atoms. The van der Waals surface area contributed by atoms with Gasteiger partial charge in [0, 0.05) is 31.8 Å². The predicted octanol–water partition coefficient (Wildman–Crippen LogP) is 2.82. The summed E-state index contributed by atoms with van der Waals surface area (Å²) in [6.45, 7) is 3.82. The van der Waals surface area contributed by atoms with Crippen molar-refractivity contribution in [3.63, 3.8) is 0 Å². The highest BCUT2D eigenvalue weighted by molar-refractivity contribution is 5.81. The zero-order valence-electron chi connectivity index (χ0n) is 14.4. The molecule has 4 nitrogen and oxygen atoms in total. The first-order chi connectivity index (χ1) is 11.8. The van der Waals surface area contributed by atoms with E-state index in [1.165, 1.54) is 18.4 Å². The second-order valence-electron chi connectivity index (χ2n) is 7.41. The van der Waals surface area contributed by atoms with E-state index in [-0.39, 0.29) is 12.0 Å². The molecule has 0 radical (unpaired) electrons. The molecule has 0 aromatic heterocycles. The van der Waals surface area contributed by atoms with E-state index in [0.29, 0.717) is 12.1 Å². The lowest BCUT2D eigenvalue weighted by atomic mass is 10.0. The van der Waals surface area contributed by atoms with Crippen molar-refractivity contribution in [3.05, 3.63) is 35.9 Å². The Morgan fingerprint density at radius 1 is 1.00 bits per heavy atom. The molecule has 4 heteroatoms. The summed E-state index contributed by atoms with van der Waals surface area (Å²) in [5.74, 6) is 0.251. The first-order valence-corrected chi connectivity index (χ1v) is 9.53. The molecule has 0 spiro atoms. The van der Waals surface area contributed by atoms with E-state index in [9.17, 15) is 4.79 Å². The molecule has 0 aliphatic carbocycles. The molecule has 3 fully saturated rings. The third-order valence-electron chi connectivity index (χ3n) is 5.87. The van der Waals surface area contributed by atoms with Gasteiger partial charge in [-0.15, -0.1) is 0 Å². The highest BCUT2D eigenvalue weighted by Gasteiger charge is 2.41. The summed E-state index contributed by atoms with van der Waals surface area (Å²) in [4.78, 5) is 17.6. The van der Waals surface area contributed by atoms with Crippen molar-refractivity contribution in [3.8, 4) is 0 Å². The molecule has 4 rings (SSSR count). The molecule has 1 aromatic rings. The lowest BCUT2D eigenvalue weighted by Gasteiger charge is -2.36. The molecule has 1 amide bonds. The van der Waals surface area contributed by atoms with Crippen LogP contribution in [0.1, 0.15) is 44.1 Å². The van der Waals surface area contributed by atoms with E-state index < -0.39 is 0 Å². The predicted molar refractivity (Wildman–Crippen MR) is 93.6 cm³/mol. The second-order valence-corrected chi connectivity index (χ2v) is 7.41. The van der Waals surface area contributed by atoms with Gasteiger partial charge in [-0.25, -0.2) is 0 Å². The van der Waals surface area contributed by atoms with Crippen molar-refractivity contribution in [2.75, 3.05) is 19.7 Å². The number of hydrogen-bond donors (Lipinski definition) is 0. The Morgan fingerprint density at radius 2 is 1.79 bits per heavy atom. The average Bonchev–Trinajstić information content (AvgIpc) is 3.36. The number of benzene rings is 1. The molecule has 0 N–H and O–H groups in total. The van der Waals surface area contributed by atoms with Crippen LogP contribution in [0.2, 0.25) is 0 Å². The van der Waals surface area contributed by atoms with Crippen LogP contribution in [0.5, 0.6) is 0 Å². The van der Waals surface area contributed by atoms with Gasteiger partial charge in [-0.1, -0.05) is 30.3 Å². The maximum atomic E-state index is 12.9. The van der Waals surface area contributed by atoms with Crippen molar-refractivity contribution < 1.29 is 9.53 Å². The number of hydrogen-bond acceptors (Lipinski definition) is 3. The molecule has 3 saturated heterocycles. The topological polar surface area (TPSA) is 32.8 Å². The van der Waals surface area contributed by atoms with Gasteiger partial charge in [0.05, 0.1) is 0 Å². The summed E-state index contributed by atoms with van der Waals surface area (Å²) in [6.07, 6.45) is 6.50. The minimum atomic E-state index is -0.172. The molecule has 0 unspecified atom stereocenters. The van der Waals surface area contributed by atoms with E-state index in [1.807, 2.05) is 0 Å². The third-order valence-corrected chi connectivity index (χ3v) is 5.87. The van der Waals surface area contributed by atoms with Crippen LogP contribution in [0, 0.1) is 0 Å². The summed E-state index contributed by atoms with van der Waals surface area (Å²) in [5.41, 5.74) is 1.37. The van der Waals surface area contributed by atoms with Crippen LogP contribution in [-0.2, 0) is 16.1 Å². The molecule has 0 bridgehead atoms. The zero-order chi connectivity index (χ0) is 16.4. The van der Waals surface area contributed by atoms with Gasteiger partial charge in [0.25, 0.3) is 5.91 Å². The van der Waals surface area contributed by atoms with E-state index in [2.05, 4.69) is 40.1 Å². The lowest BCUT2D eigenvalue weighted by molar-refractivity contribution is -0.142. The summed E-state index contributed by atoms with van der Waals surface area (Å²) in [7, 11) is 0. The van der Waals surface area contributed by atoms with E-state index in [1.54, 1.807) is 0 Å². The summed E-state index contributed by atoms with van der Waals surface area (Å²) >= 11 is 0. The van der Waals surface area contributed by atoms with Gasteiger partial charge in [0.2, 0.25) is 0 Å². The van der Waals surface area contributed by atoms with Crippen LogP contribution in [0.4, 0.5) is 0 Å². The smallest absolute Gasteiger partial charge is 0.252 e. The average molecular weight is 328 g/mol. The van der Waals surface area contributed by atoms with Crippen molar-refractivity contribution in [1.82, 2.24) is 9.80 Å². The Bertz CT molecular complexity index is 556. The van der Waals surface area contributed by atoms with Crippen molar-refractivity contribution in [2.45, 2.75) is 63.3 Å². The van der Waals surface area contributed by atoms with Crippen molar-refractivity contribution in [1.29, 1.82) is 0 Å². The quantitative estimate of drug-likeness (QED) is 0.852. The number of rotatable bonds is 4. The number of nitrogens with zero attached hydrogens (tertiary/aromatic N) is 2. The minimum Gasteiger partial charge on any atom is -0.368 e. The van der Waals surface area contributed by atoms with Gasteiger partial charge in [-0.3, -0.25) is 9.69 Å². The SMILES string of the molecule is O=C([C@@H]1CCCO1)N1CCC[C@H]1[C@H]1CCCN1Cc1ccccc1. The summed E-state index contributed by atoms with van der Waals surface area (Å²) in [6, 6.07) is 11.6. The van der Waals surface area contributed by atoms with Gasteiger partial charge in [0.1, 0.15) is 6.10 Å². The number of carbonyl (C=O) groups excluding carboxylic acids is 1. The maximum absolute atomic E-state index is 12.9. The van der Waals surface area contributed by atoms with Gasteiger partial charge >= 0.3 is 0 Å². The molecule has 1 aromatic carbocycles. The van der Waals surface area contributed by atoms with Crippen LogP contribution < -0.4 is 0 Å². The van der Waals surface area contributed by atoms with Crippen LogP contribution in [0.3, 0.4) is 0 Å². The van der Waals surface area contributed by atoms with Crippen molar-refractivity contribution in [2.24, 2.45) is 0 Å². The van der Waals surface area contributed by atoms with Crippen molar-refractivity contribution >= 4 is 5.91 Å². The monoisotopic (exact) mass is 328 g/mol. The molecular weight excluding hydrogens is 300 g/mol. The second kappa shape index (κ2) is 7.24. The molecule has 3 aliphatic rings. The maximum Gasteiger partial charge on any atom is 0.252 e. The highest BCUT2D eigenvalue weighted by atomic mass is 16.5. The van der Waals surface area contributed by atoms with Gasteiger partial charge in [-0.2, -0.15) is 0 Å². The Kier molecular flexibility index (Phi) is 4.86. The van der Waals surface area contributed by atoms with Crippen LogP contribution in [0.15, 0.2) is 30.3 Å². The molecule has 3 atom stereocenters. The molecule has 130 valence electrons. The minimum absolute atomic E-state index is 0.172. The Hall–Kier alpha value is -1.39. The first kappa shape index (κ1) is 16.1. The highest BCUT2D eigenvalue weighted by Crippen LogP contribution is 2.32. The molecular formula is C20H28N2O2. The number of likely N-dealkylation sites (tertiary alicyclic amines) is 2. The van der Waals surface area contributed by atoms with E-state index >= 15 is 0 Å². The zero-order valence-corrected chi connectivity index (χ0v) is 14.4. The van der Waals surface area contributed by atoms with Crippen LogP contribution >= 0.6 is 0 Å². The summed E-state index contributed by atoms with van der Waals surface area (Å²) < 4.78 is 5.66. The van der Waals surface area contributed by atoms with Crippen LogP contribution in [0.25, 0.3) is 0 Å². The Balaban J connectivity index is 1.45. The fourth-order valence-corrected chi connectivity index (χ4v) is 4.73. The van der Waals surface area contributed by atoms with Gasteiger partial charge in [-0.05, 0) is 50.6 Å². The Morgan fingerprint density at radius 3 is 2.58 bits per heavy atom. The third kappa shape index (κ3) is 3.22. The van der Waals surface area contributed by atoms with Crippen LogP contribution in [-0.4, -0.2) is 53.6 Å². The van der Waals surface area contributed by atoms with Gasteiger partial charge < -0.3 is 9.64 Å². The standard InChI is InChI=1S/C20H28N2O2/c23-20(19-11-6-14-24-19)22-13-5-10-18(22)17-9-4-12-21(17)15-16-7-2-1-3-8-16/h1-3,7-8,17-19H,4-6,9-15H2/t17-,18+,19+/m1/s1. The van der Waals surface area contributed by atoms with Gasteiger partial charge in [0.15, 0.2) is 0 Å². The fourth-order valence-electron chi connectivity index (χ4n) is 4.73. The van der Waals surface area contributed by atoms with E-state index in [4.69, 9.17) is 4.74 Å². The number of ether oxygens (including phenoxy) is 1. The largest absolute Gasteiger partial charge is 0.368 e. The Labute approximate surface area is 144 Å². The molecule has 0 saturated carbocycles.